The molecule has 16 heavy (non-hydrogen) atoms. The Morgan fingerprint density at radius 3 is 2.56 bits per heavy atom. The molecule has 1 N–H and O–H groups in total. The lowest BCUT2D eigenvalue weighted by Crippen LogP contribution is -2.41. The zero-order valence-corrected chi connectivity index (χ0v) is 11.1. The summed E-state index contributed by atoms with van der Waals surface area (Å²) in [5.74, 6) is 0. The molecule has 0 saturated carbocycles. The van der Waals surface area contributed by atoms with E-state index < -0.39 is 0 Å². The van der Waals surface area contributed by atoms with Crippen molar-refractivity contribution < 1.29 is 9.47 Å². The topological polar surface area (TPSA) is 43.4 Å². The highest BCUT2D eigenvalue weighted by Crippen LogP contribution is 2.20. The van der Waals surface area contributed by atoms with Crippen molar-refractivity contribution >= 4 is 11.3 Å². The van der Waals surface area contributed by atoms with E-state index in [1.54, 1.807) is 25.6 Å². The summed E-state index contributed by atoms with van der Waals surface area (Å²) in [7, 11) is 3.30. The predicted molar refractivity (Wildman–Crippen MR) is 65.5 cm³/mol. The van der Waals surface area contributed by atoms with Gasteiger partial charge in [-0.3, -0.25) is 0 Å². The first-order chi connectivity index (χ1) is 7.72. The number of methoxy groups -OCH3 is 2. The number of rotatable bonds is 7. The number of nitrogens with one attached hydrogen (secondary N) is 1. The molecule has 0 aliphatic heterocycles. The number of thiazole rings is 1. The lowest BCUT2D eigenvalue weighted by molar-refractivity contribution is -0.121. The molecule has 1 rings (SSSR count). The van der Waals surface area contributed by atoms with Crippen molar-refractivity contribution in [2.75, 3.05) is 14.2 Å². The fourth-order valence-electron chi connectivity index (χ4n) is 1.67. The van der Waals surface area contributed by atoms with Crippen LogP contribution in [-0.2, 0) is 9.47 Å². The number of aromatic nitrogens is 1. The summed E-state index contributed by atoms with van der Waals surface area (Å²) in [5, 5.41) is 6.57. The summed E-state index contributed by atoms with van der Waals surface area (Å²) in [6.45, 7) is 4.19. The van der Waals surface area contributed by atoms with Gasteiger partial charge in [-0.25, -0.2) is 4.98 Å². The maximum Gasteiger partial charge on any atom is 0.171 e. The molecule has 1 aromatic heterocycles. The van der Waals surface area contributed by atoms with Crippen LogP contribution < -0.4 is 5.32 Å². The van der Waals surface area contributed by atoms with Crippen molar-refractivity contribution in [2.45, 2.75) is 38.6 Å². The van der Waals surface area contributed by atoms with Crippen molar-refractivity contribution in [1.29, 1.82) is 0 Å². The van der Waals surface area contributed by atoms with Crippen LogP contribution in [0.2, 0.25) is 0 Å². The molecule has 92 valence electrons. The average Bonchev–Trinajstić information content (AvgIpc) is 2.81. The van der Waals surface area contributed by atoms with Crippen molar-refractivity contribution in [2.24, 2.45) is 0 Å². The number of hydrogen-bond donors (Lipinski definition) is 1. The summed E-state index contributed by atoms with van der Waals surface area (Å²) in [6.07, 6.45) is 2.60. The van der Waals surface area contributed by atoms with Crippen LogP contribution in [0.5, 0.6) is 0 Å². The first-order valence-corrected chi connectivity index (χ1v) is 6.31. The Labute approximate surface area is 101 Å². The van der Waals surface area contributed by atoms with Crippen molar-refractivity contribution in [3.63, 3.8) is 0 Å². The quantitative estimate of drug-likeness (QED) is 0.747. The number of ether oxygens (including phenoxy) is 2. The van der Waals surface area contributed by atoms with Crippen LogP contribution in [0.25, 0.3) is 0 Å². The second-order valence-corrected chi connectivity index (χ2v) is 4.55. The standard InChI is InChI=1S/C11H20N2O2S/c1-5-9(10-12-6-7-16-10)13-8(2)11(14-3)15-4/h6-9,11,13H,5H2,1-4H3. The Kier molecular flexibility index (Phi) is 5.90. The van der Waals surface area contributed by atoms with Crippen LogP contribution in [0.3, 0.4) is 0 Å². The van der Waals surface area contributed by atoms with E-state index in [0.717, 1.165) is 11.4 Å². The van der Waals surface area contributed by atoms with Gasteiger partial charge in [0.15, 0.2) is 6.29 Å². The van der Waals surface area contributed by atoms with E-state index >= 15 is 0 Å². The molecule has 0 fully saturated rings. The molecular weight excluding hydrogens is 224 g/mol. The Hall–Kier alpha value is -0.490. The van der Waals surface area contributed by atoms with Gasteiger partial charge in [-0.2, -0.15) is 0 Å². The lowest BCUT2D eigenvalue weighted by Gasteiger charge is -2.26. The molecule has 0 amide bonds. The third-order valence-corrected chi connectivity index (χ3v) is 3.38. The van der Waals surface area contributed by atoms with Gasteiger partial charge in [0, 0.05) is 25.8 Å². The molecule has 2 atom stereocenters. The van der Waals surface area contributed by atoms with Gasteiger partial charge in [-0.05, 0) is 13.3 Å². The van der Waals surface area contributed by atoms with E-state index in [1.165, 1.54) is 0 Å². The first kappa shape index (κ1) is 13.6. The molecule has 0 aromatic carbocycles. The van der Waals surface area contributed by atoms with Crippen molar-refractivity contribution in [3.8, 4) is 0 Å². The highest BCUT2D eigenvalue weighted by atomic mass is 32.1. The van der Waals surface area contributed by atoms with E-state index in [4.69, 9.17) is 9.47 Å². The second-order valence-electron chi connectivity index (χ2n) is 3.63. The smallest absolute Gasteiger partial charge is 0.171 e. The minimum Gasteiger partial charge on any atom is -0.354 e. The highest BCUT2D eigenvalue weighted by Gasteiger charge is 2.20. The normalized spacial score (nSPS) is 15.3. The van der Waals surface area contributed by atoms with Gasteiger partial charge >= 0.3 is 0 Å². The molecule has 1 heterocycles. The van der Waals surface area contributed by atoms with E-state index in [9.17, 15) is 0 Å². The molecule has 4 nitrogen and oxygen atoms in total. The maximum absolute atomic E-state index is 5.22. The number of nitrogens with zero attached hydrogens (tertiary/aromatic N) is 1. The maximum atomic E-state index is 5.22. The molecule has 0 aliphatic rings. The molecular formula is C11H20N2O2S. The van der Waals surface area contributed by atoms with Crippen LogP contribution in [0.4, 0.5) is 0 Å². The third kappa shape index (κ3) is 3.52. The second kappa shape index (κ2) is 6.96. The van der Waals surface area contributed by atoms with Gasteiger partial charge in [-0.1, -0.05) is 6.92 Å². The largest absolute Gasteiger partial charge is 0.354 e. The van der Waals surface area contributed by atoms with Gasteiger partial charge in [0.05, 0.1) is 12.1 Å². The Bertz CT molecular complexity index is 276. The van der Waals surface area contributed by atoms with E-state index in [-0.39, 0.29) is 18.4 Å². The van der Waals surface area contributed by atoms with Crippen molar-refractivity contribution in [1.82, 2.24) is 10.3 Å². The summed E-state index contributed by atoms with van der Waals surface area (Å²) in [5.41, 5.74) is 0. The average molecular weight is 244 g/mol. The first-order valence-electron chi connectivity index (χ1n) is 5.43. The fourth-order valence-corrected chi connectivity index (χ4v) is 2.45. The van der Waals surface area contributed by atoms with Gasteiger partial charge in [0.2, 0.25) is 0 Å². The molecule has 0 saturated heterocycles. The predicted octanol–water partition coefficient (Wildman–Crippen LogP) is 2.19. The monoisotopic (exact) mass is 244 g/mol. The van der Waals surface area contributed by atoms with E-state index in [2.05, 4.69) is 17.2 Å². The Balaban J connectivity index is 2.56. The SMILES string of the molecule is CCC(NC(C)C(OC)OC)c1nccs1. The van der Waals surface area contributed by atoms with Gasteiger partial charge < -0.3 is 14.8 Å². The van der Waals surface area contributed by atoms with Gasteiger partial charge in [0.1, 0.15) is 5.01 Å². The zero-order chi connectivity index (χ0) is 12.0. The van der Waals surface area contributed by atoms with Crippen LogP contribution in [0.1, 0.15) is 31.3 Å². The molecule has 0 aliphatic carbocycles. The lowest BCUT2D eigenvalue weighted by atomic mass is 10.2. The Morgan fingerprint density at radius 1 is 1.44 bits per heavy atom. The van der Waals surface area contributed by atoms with Crippen molar-refractivity contribution in [3.05, 3.63) is 16.6 Å². The van der Waals surface area contributed by atoms with Gasteiger partial charge in [0.25, 0.3) is 0 Å². The summed E-state index contributed by atoms with van der Waals surface area (Å²) < 4.78 is 10.4. The Morgan fingerprint density at radius 2 is 2.12 bits per heavy atom. The number of hydrogen-bond acceptors (Lipinski definition) is 5. The molecule has 5 heteroatoms. The molecule has 0 spiro atoms. The van der Waals surface area contributed by atoms with E-state index in [0.29, 0.717) is 0 Å². The van der Waals surface area contributed by atoms with Crippen LogP contribution >= 0.6 is 11.3 Å². The van der Waals surface area contributed by atoms with Crippen LogP contribution in [-0.4, -0.2) is 31.5 Å². The van der Waals surface area contributed by atoms with E-state index in [1.807, 2.05) is 18.5 Å². The third-order valence-electron chi connectivity index (χ3n) is 2.49. The minimum absolute atomic E-state index is 0.129. The highest BCUT2D eigenvalue weighted by molar-refractivity contribution is 7.09. The van der Waals surface area contributed by atoms with Crippen LogP contribution in [0.15, 0.2) is 11.6 Å². The van der Waals surface area contributed by atoms with Crippen LogP contribution in [0, 0.1) is 0 Å². The molecule has 0 bridgehead atoms. The summed E-state index contributed by atoms with van der Waals surface area (Å²) in [6, 6.07) is 0.395. The zero-order valence-electron chi connectivity index (χ0n) is 10.3. The fraction of sp³-hybridized carbons (Fsp3) is 0.727. The summed E-state index contributed by atoms with van der Waals surface area (Å²) >= 11 is 1.67. The molecule has 2 unspecified atom stereocenters. The summed E-state index contributed by atoms with van der Waals surface area (Å²) in [4.78, 5) is 4.33. The molecule has 0 radical (unpaired) electrons. The molecule has 1 aromatic rings. The minimum atomic E-state index is -0.228. The van der Waals surface area contributed by atoms with Gasteiger partial charge in [-0.15, -0.1) is 11.3 Å².